The fourth-order valence-electron chi connectivity index (χ4n) is 3.50. The van der Waals surface area contributed by atoms with Crippen LogP contribution in [0.15, 0.2) is 53.3 Å². The molecule has 0 bridgehead atoms. The molecule has 1 aromatic carbocycles. The number of hydrogen-bond acceptors (Lipinski definition) is 6. The first-order chi connectivity index (χ1) is 14.5. The Labute approximate surface area is 168 Å². The Balaban J connectivity index is 1.40. The molecule has 4 heterocycles. The van der Waals surface area contributed by atoms with E-state index in [9.17, 15) is 4.79 Å². The molecule has 0 radical (unpaired) electrons. The number of anilines is 1. The largest absolute Gasteiger partial charge is 0.339 e. The van der Waals surface area contributed by atoms with E-state index in [0.29, 0.717) is 34.8 Å². The van der Waals surface area contributed by atoms with Crippen LogP contribution in [0, 0.1) is 6.92 Å². The van der Waals surface area contributed by atoms with E-state index in [2.05, 4.69) is 32.4 Å². The molecular formula is C21H20N6O2. The van der Waals surface area contributed by atoms with Gasteiger partial charge in [-0.05, 0) is 37.7 Å². The molecule has 3 aromatic heterocycles. The average Bonchev–Trinajstić information content (AvgIpc) is 3.34. The van der Waals surface area contributed by atoms with Gasteiger partial charge < -0.3 is 14.7 Å². The Bertz CT molecular complexity index is 1260. The molecule has 0 spiro atoms. The summed E-state index contributed by atoms with van der Waals surface area (Å²) in [6.07, 6.45) is 3.17. The van der Waals surface area contributed by atoms with Gasteiger partial charge in [-0.3, -0.25) is 9.20 Å². The molecule has 146 valence electrons. The summed E-state index contributed by atoms with van der Waals surface area (Å²) in [7, 11) is 2.05. The van der Waals surface area contributed by atoms with Gasteiger partial charge in [0.2, 0.25) is 11.7 Å². The van der Waals surface area contributed by atoms with E-state index in [-0.39, 0.29) is 11.8 Å². The predicted octanol–water partition coefficient (Wildman–Crippen LogP) is 2.97. The second-order valence-electron chi connectivity index (χ2n) is 7.36. The number of likely N-dealkylation sites (N-methyl/N-ethyl adjacent to an activating group) is 1. The lowest BCUT2D eigenvalue weighted by atomic mass is 10.0. The van der Waals surface area contributed by atoms with Gasteiger partial charge in [0.15, 0.2) is 0 Å². The van der Waals surface area contributed by atoms with E-state index < -0.39 is 0 Å². The summed E-state index contributed by atoms with van der Waals surface area (Å²) in [5.41, 5.74) is 3.30. The normalized spacial score (nSPS) is 15.3. The van der Waals surface area contributed by atoms with Crippen LogP contribution in [0.4, 0.5) is 5.69 Å². The summed E-state index contributed by atoms with van der Waals surface area (Å²) in [5.74, 6) is 1.15. The van der Waals surface area contributed by atoms with Crippen molar-refractivity contribution in [3.05, 3.63) is 65.9 Å². The molecule has 1 fully saturated rings. The van der Waals surface area contributed by atoms with Gasteiger partial charge in [0, 0.05) is 30.5 Å². The zero-order chi connectivity index (χ0) is 20.8. The van der Waals surface area contributed by atoms with Gasteiger partial charge in [0.25, 0.3) is 5.91 Å². The summed E-state index contributed by atoms with van der Waals surface area (Å²) >= 11 is 0. The molecule has 1 saturated heterocycles. The number of carbonyl (C=O) groups excluding carboxylic acids is 1. The van der Waals surface area contributed by atoms with Crippen molar-refractivity contribution in [3.8, 4) is 11.4 Å². The zero-order valence-electron chi connectivity index (χ0n) is 17.1. The number of fused-ring (bicyclic) bond motifs is 1. The minimum Gasteiger partial charge on any atom is -0.339 e. The summed E-state index contributed by atoms with van der Waals surface area (Å²) in [4.78, 5) is 23.8. The van der Waals surface area contributed by atoms with Crippen LogP contribution >= 0.6 is 0 Å². The van der Waals surface area contributed by atoms with Crippen molar-refractivity contribution in [1.82, 2.24) is 24.4 Å². The quantitative estimate of drug-likeness (QED) is 0.577. The predicted molar refractivity (Wildman–Crippen MR) is 108 cm³/mol. The number of aryl methyl sites for hydroxylation is 1. The van der Waals surface area contributed by atoms with Gasteiger partial charge in [-0.15, -0.1) is 0 Å². The molecule has 8 nitrogen and oxygen atoms in total. The molecule has 4 aromatic rings. The maximum atomic E-state index is 12.9. The molecule has 8 heteroatoms. The highest BCUT2D eigenvalue weighted by Crippen LogP contribution is 2.28. The number of nitrogens with one attached hydrogen (secondary N) is 1. The Kier molecular flexibility index (Phi) is 3.87. The van der Waals surface area contributed by atoms with Crippen LogP contribution in [0.5, 0.6) is 0 Å². The van der Waals surface area contributed by atoms with E-state index >= 15 is 0 Å². The highest BCUT2D eigenvalue weighted by molar-refractivity contribution is 6.04. The van der Waals surface area contributed by atoms with Gasteiger partial charge in [-0.2, -0.15) is 4.98 Å². The fourth-order valence-corrected chi connectivity index (χ4v) is 3.50. The lowest BCUT2D eigenvalue weighted by Crippen LogP contribution is -2.41. The second-order valence-corrected chi connectivity index (χ2v) is 7.36. The number of carbonyl (C=O) groups is 1. The first-order valence-corrected chi connectivity index (χ1v) is 9.36. The third kappa shape index (κ3) is 3.17. The van der Waals surface area contributed by atoms with Gasteiger partial charge in [-0.1, -0.05) is 23.3 Å². The Hall–Kier alpha value is -3.52. The minimum absolute atomic E-state index is 0.278. The minimum atomic E-state index is -0.285. The first-order valence-electron chi connectivity index (χ1n) is 9.86. The SMILES string of the molecule is [2H]c1ccn2c(C(=O)Nc3cc(-c4noc(C5CN(C)C5)n4)ccc3C)cnc2c1. The molecule has 5 rings (SSSR count). The number of amides is 1. The van der Waals surface area contributed by atoms with Crippen LogP contribution in [0.1, 0.15) is 29.2 Å². The zero-order valence-corrected chi connectivity index (χ0v) is 16.1. The van der Waals surface area contributed by atoms with E-state index in [4.69, 9.17) is 5.89 Å². The first kappa shape index (κ1) is 16.4. The molecule has 0 atom stereocenters. The molecule has 0 unspecified atom stereocenters. The summed E-state index contributed by atoms with van der Waals surface area (Å²) in [6, 6.07) is 9.24. The van der Waals surface area contributed by atoms with Crippen LogP contribution in [-0.4, -0.2) is 50.5 Å². The summed E-state index contributed by atoms with van der Waals surface area (Å²) in [6.45, 7) is 3.75. The number of likely N-dealkylation sites (tertiary alicyclic amines) is 1. The second kappa shape index (κ2) is 6.82. The van der Waals surface area contributed by atoms with E-state index in [1.54, 1.807) is 22.7 Å². The van der Waals surface area contributed by atoms with Crippen molar-refractivity contribution in [2.45, 2.75) is 12.8 Å². The molecule has 1 amide bonds. The number of benzene rings is 1. The highest BCUT2D eigenvalue weighted by atomic mass is 16.5. The van der Waals surface area contributed by atoms with Crippen molar-refractivity contribution < 1.29 is 10.7 Å². The maximum absolute atomic E-state index is 12.9. The van der Waals surface area contributed by atoms with Crippen LogP contribution < -0.4 is 5.32 Å². The molecule has 1 N–H and O–H groups in total. The van der Waals surface area contributed by atoms with Gasteiger partial charge in [0.1, 0.15) is 11.3 Å². The molecule has 0 saturated carbocycles. The van der Waals surface area contributed by atoms with Gasteiger partial charge in [0.05, 0.1) is 13.5 Å². The average molecular weight is 389 g/mol. The number of aromatic nitrogens is 4. The fraction of sp³-hybridized carbons (Fsp3) is 0.238. The van der Waals surface area contributed by atoms with Crippen LogP contribution in [0.25, 0.3) is 17.0 Å². The van der Waals surface area contributed by atoms with Gasteiger partial charge in [-0.25, -0.2) is 4.98 Å². The third-order valence-corrected chi connectivity index (χ3v) is 5.19. The Morgan fingerprint density at radius 1 is 1.34 bits per heavy atom. The summed E-state index contributed by atoms with van der Waals surface area (Å²) in [5, 5.41) is 7.06. The highest BCUT2D eigenvalue weighted by Gasteiger charge is 2.30. The van der Waals surface area contributed by atoms with Crippen LogP contribution in [-0.2, 0) is 0 Å². The number of pyridine rings is 1. The van der Waals surface area contributed by atoms with E-state index in [0.717, 1.165) is 24.2 Å². The molecule has 1 aliphatic rings. The van der Waals surface area contributed by atoms with Crippen molar-refractivity contribution in [3.63, 3.8) is 0 Å². The molecular weight excluding hydrogens is 368 g/mol. The van der Waals surface area contributed by atoms with Crippen LogP contribution in [0.3, 0.4) is 0 Å². The number of rotatable bonds is 4. The van der Waals surface area contributed by atoms with Crippen LogP contribution in [0.2, 0.25) is 0 Å². The van der Waals surface area contributed by atoms with Crippen molar-refractivity contribution >= 4 is 17.2 Å². The maximum Gasteiger partial charge on any atom is 0.274 e. The molecule has 1 aliphatic heterocycles. The number of hydrogen-bond donors (Lipinski definition) is 1. The molecule has 29 heavy (non-hydrogen) atoms. The Morgan fingerprint density at radius 3 is 3.03 bits per heavy atom. The van der Waals surface area contributed by atoms with Crippen molar-refractivity contribution in [2.75, 3.05) is 25.5 Å². The van der Waals surface area contributed by atoms with Crippen molar-refractivity contribution in [1.29, 1.82) is 0 Å². The topological polar surface area (TPSA) is 88.6 Å². The van der Waals surface area contributed by atoms with E-state index in [1.165, 1.54) is 6.20 Å². The monoisotopic (exact) mass is 389 g/mol. The van der Waals surface area contributed by atoms with Crippen molar-refractivity contribution in [2.24, 2.45) is 0 Å². The lowest BCUT2D eigenvalue weighted by Gasteiger charge is -2.33. The number of nitrogens with zero attached hydrogens (tertiary/aromatic N) is 5. The standard InChI is InChI=1S/C21H20N6O2/c1-13-6-7-14(19-24-21(29-25-19)15-11-26(2)12-15)9-16(13)23-20(28)17-10-22-18-5-3-4-8-27(17)18/h3-10,15H,11-12H2,1-2H3,(H,23,28)/i3D. The molecule has 0 aliphatic carbocycles. The summed E-state index contributed by atoms with van der Waals surface area (Å²) < 4.78 is 14.8. The lowest BCUT2D eigenvalue weighted by molar-refractivity contribution is 0.102. The smallest absolute Gasteiger partial charge is 0.274 e. The van der Waals surface area contributed by atoms with Gasteiger partial charge >= 0.3 is 0 Å². The van der Waals surface area contributed by atoms with E-state index in [1.807, 2.05) is 25.1 Å². The Morgan fingerprint density at radius 2 is 2.21 bits per heavy atom. The third-order valence-electron chi connectivity index (χ3n) is 5.19. The number of imidazole rings is 1.